The minimum absolute atomic E-state index is 0.191. The van der Waals surface area contributed by atoms with Crippen molar-refractivity contribution in [3.05, 3.63) is 29.3 Å². The number of piperazine rings is 1. The van der Waals surface area contributed by atoms with Gasteiger partial charge in [0.25, 0.3) is 0 Å². The number of ketones is 1. The highest BCUT2D eigenvalue weighted by molar-refractivity contribution is 6.30. The molecule has 0 bridgehead atoms. The Labute approximate surface area is 125 Å². The van der Waals surface area contributed by atoms with Crippen LogP contribution in [0.5, 0.6) is 0 Å². The highest BCUT2D eigenvalue weighted by Crippen LogP contribution is 2.23. The number of Topliss-reactive ketones (excluding diaryl/α,β-unsaturated/α-hetero) is 1. The molecule has 1 aromatic carbocycles. The largest absolute Gasteiger partial charge is 0.369 e. The van der Waals surface area contributed by atoms with Gasteiger partial charge in [0.15, 0.2) is 0 Å². The molecule has 0 amide bonds. The number of benzene rings is 1. The number of hydrogen-bond donors (Lipinski definition) is 0. The van der Waals surface area contributed by atoms with Crippen LogP contribution < -0.4 is 4.90 Å². The van der Waals surface area contributed by atoms with E-state index in [-0.39, 0.29) is 6.04 Å². The first kappa shape index (κ1) is 13.9. The summed E-state index contributed by atoms with van der Waals surface area (Å²) < 4.78 is 0. The maximum Gasteiger partial charge on any atom is 0.149 e. The minimum Gasteiger partial charge on any atom is -0.369 e. The maximum atomic E-state index is 12.0. The Bertz CT molecular complexity index is 466. The molecule has 0 spiro atoms. The van der Waals surface area contributed by atoms with Crippen LogP contribution in [0.1, 0.15) is 25.7 Å². The molecule has 0 N–H and O–H groups in total. The van der Waals surface area contributed by atoms with Gasteiger partial charge in [-0.2, -0.15) is 0 Å². The topological polar surface area (TPSA) is 23.6 Å². The number of rotatable bonds is 2. The number of anilines is 1. The van der Waals surface area contributed by atoms with Crippen LogP contribution in [0.3, 0.4) is 0 Å². The van der Waals surface area contributed by atoms with Gasteiger partial charge in [0.05, 0.1) is 6.04 Å². The standard InChI is InChI=1S/C16H21ClN2O/c17-13-5-7-14(8-6-13)18-9-11-19(12-10-18)15-3-1-2-4-16(15)20/h5-8,15H,1-4,9-12H2. The predicted octanol–water partition coefficient (Wildman–Crippen LogP) is 2.97. The van der Waals surface area contributed by atoms with Crippen molar-refractivity contribution in [3.63, 3.8) is 0 Å². The van der Waals surface area contributed by atoms with Crippen molar-refractivity contribution in [2.45, 2.75) is 31.7 Å². The molecule has 4 heteroatoms. The van der Waals surface area contributed by atoms with Gasteiger partial charge in [0, 0.05) is 43.3 Å². The van der Waals surface area contributed by atoms with E-state index in [0.29, 0.717) is 5.78 Å². The van der Waals surface area contributed by atoms with E-state index in [1.54, 1.807) is 0 Å². The summed E-state index contributed by atoms with van der Waals surface area (Å²) in [6.07, 6.45) is 4.12. The SMILES string of the molecule is O=C1CCCCC1N1CCN(c2ccc(Cl)cc2)CC1. The average Bonchev–Trinajstić information content (AvgIpc) is 2.49. The van der Waals surface area contributed by atoms with Crippen molar-refractivity contribution >= 4 is 23.1 Å². The van der Waals surface area contributed by atoms with Crippen molar-refractivity contribution in [3.8, 4) is 0 Å². The molecule has 2 aliphatic rings. The highest BCUT2D eigenvalue weighted by atomic mass is 35.5. The molecule has 1 aromatic rings. The second kappa shape index (κ2) is 6.15. The van der Waals surface area contributed by atoms with Crippen molar-refractivity contribution in [1.29, 1.82) is 0 Å². The van der Waals surface area contributed by atoms with Gasteiger partial charge in [-0.15, -0.1) is 0 Å². The van der Waals surface area contributed by atoms with E-state index in [1.807, 2.05) is 12.1 Å². The van der Waals surface area contributed by atoms with E-state index in [1.165, 1.54) is 12.1 Å². The van der Waals surface area contributed by atoms with Gasteiger partial charge >= 0.3 is 0 Å². The van der Waals surface area contributed by atoms with E-state index in [0.717, 1.165) is 50.5 Å². The van der Waals surface area contributed by atoms with Gasteiger partial charge in [-0.1, -0.05) is 18.0 Å². The van der Waals surface area contributed by atoms with Crippen LogP contribution in [0.15, 0.2) is 24.3 Å². The first-order valence-corrected chi connectivity index (χ1v) is 7.89. The van der Waals surface area contributed by atoms with E-state index in [9.17, 15) is 4.79 Å². The molecule has 1 unspecified atom stereocenters. The lowest BCUT2D eigenvalue weighted by Crippen LogP contribution is -2.53. The summed E-state index contributed by atoms with van der Waals surface area (Å²) in [6.45, 7) is 3.95. The summed E-state index contributed by atoms with van der Waals surface area (Å²) in [5.41, 5.74) is 1.23. The summed E-state index contributed by atoms with van der Waals surface area (Å²) in [7, 11) is 0. The van der Waals surface area contributed by atoms with Gasteiger partial charge in [-0.3, -0.25) is 9.69 Å². The zero-order chi connectivity index (χ0) is 13.9. The van der Waals surface area contributed by atoms with Gasteiger partial charge in [0.1, 0.15) is 5.78 Å². The Kier molecular flexibility index (Phi) is 4.27. The van der Waals surface area contributed by atoms with Crippen molar-refractivity contribution < 1.29 is 4.79 Å². The van der Waals surface area contributed by atoms with Crippen LogP contribution in [0.4, 0.5) is 5.69 Å². The molecule has 1 heterocycles. The summed E-state index contributed by atoms with van der Waals surface area (Å²) in [4.78, 5) is 16.8. The van der Waals surface area contributed by atoms with Crippen molar-refractivity contribution in [2.24, 2.45) is 0 Å². The van der Waals surface area contributed by atoms with E-state index in [2.05, 4.69) is 21.9 Å². The van der Waals surface area contributed by atoms with E-state index >= 15 is 0 Å². The Morgan fingerprint density at radius 2 is 1.70 bits per heavy atom. The summed E-state index contributed by atoms with van der Waals surface area (Å²) in [6, 6.07) is 8.21. The lowest BCUT2D eigenvalue weighted by atomic mass is 9.92. The molecule has 1 atom stereocenters. The van der Waals surface area contributed by atoms with Crippen LogP contribution in [0.2, 0.25) is 5.02 Å². The third kappa shape index (κ3) is 2.99. The average molecular weight is 293 g/mol. The summed E-state index contributed by atoms with van der Waals surface area (Å²) in [5, 5.41) is 0.778. The molecule has 1 aliphatic heterocycles. The molecule has 0 aromatic heterocycles. The Hall–Kier alpha value is -1.06. The molecule has 2 fully saturated rings. The Morgan fingerprint density at radius 1 is 1.00 bits per heavy atom. The summed E-state index contributed by atoms with van der Waals surface area (Å²) >= 11 is 5.93. The molecule has 1 aliphatic carbocycles. The van der Waals surface area contributed by atoms with Crippen molar-refractivity contribution in [1.82, 2.24) is 4.90 Å². The van der Waals surface area contributed by atoms with Gasteiger partial charge < -0.3 is 4.90 Å². The van der Waals surface area contributed by atoms with Crippen LogP contribution in [0, 0.1) is 0 Å². The monoisotopic (exact) mass is 292 g/mol. The molecule has 3 rings (SSSR count). The fourth-order valence-electron chi connectivity index (χ4n) is 3.29. The summed E-state index contributed by atoms with van der Waals surface area (Å²) in [5.74, 6) is 0.455. The zero-order valence-corrected chi connectivity index (χ0v) is 12.5. The van der Waals surface area contributed by atoms with E-state index in [4.69, 9.17) is 11.6 Å². The fraction of sp³-hybridized carbons (Fsp3) is 0.562. The zero-order valence-electron chi connectivity index (χ0n) is 11.7. The third-order valence-electron chi connectivity index (χ3n) is 4.47. The molecule has 108 valence electrons. The minimum atomic E-state index is 0.191. The molecule has 3 nitrogen and oxygen atoms in total. The normalized spacial score (nSPS) is 24.9. The van der Waals surface area contributed by atoms with Gasteiger partial charge in [-0.05, 0) is 37.1 Å². The first-order valence-electron chi connectivity index (χ1n) is 7.51. The fourth-order valence-corrected chi connectivity index (χ4v) is 3.42. The number of halogens is 1. The predicted molar refractivity (Wildman–Crippen MR) is 82.5 cm³/mol. The van der Waals surface area contributed by atoms with Crippen LogP contribution in [0.25, 0.3) is 0 Å². The van der Waals surface area contributed by atoms with Crippen molar-refractivity contribution in [2.75, 3.05) is 31.1 Å². The Morgan fingerprint density at radius 3 is 2.35 bits per heavy atom. The number of nitrogens with zero attached hydrogens (tertiary/aromatic N) is 2. The number of carbonyl (C=O) groups excluding carboxylic acids is 1. The number of carbonyl (C=O) groups is 1. The smallest absolute Gasteiger partial charge is 0.149 e. The van der Waals surface area contributed by atoms with Gasteiger partial charge in [-0.25, -0.2) is 0 Å². The second-order valence-electron chi connectivity index (χ2n) is 5.73. The first-order chi connectivity index (χ1) is 9.74. The van der Waals surface area contributed by atoms with E-state index < -0.39 is 0 Å². The highest BCUT2D eigenvalue weighted by Gasteiger charge is 2.30. The maximum absolute atomic E-state index is 12.0. The van der Waals surface area contributed by atoms with Gasteiger partial charge in [0.2, 0.25) is 0 Å². The molecule has 1 saturated carbocycles. The molecule has 0 radical (unpaired) electrons. The van der Waals surface area contributed by atoms with Crippen LogP contribution >= 0.6 is 11.6 Å². The quantitative estimate of drug-likeness (QED) is 0.837. The number of hydrogen-bond acceptors (Lipinski definition) is 3. The van der Waals surface area contributed by atoms with Crippen LogP contribution in [-0.2, 0) is 4.79 Å². The molecule has 20 heavy (non-hydrogen) atoms. The Balaban J connectivity index is 1.59. The molecular weight excluding hydrogens is 272 g/mol. The molecular formula is C16H21ClN2O. The third-order valence-corrected chi connectivity index (χ3v) is 4.72. The molecule has 1 saturated heterocycles. The lowest BCUT2D eigenvalue weighted by molar-refractivity contribution is -0.126. The lowest BCUT2D eigenvalue weighted by Gasteiger charge is -2.40. The van der Waals surface area contributed by atoms with Crippen LogP contribution in [-0.4, -0.2) is 42.9 Å². The second-order valence-corrected chi connectivity index (χ2v) is 6.16.